The van der Waals surface area contributed by atoms with Gasteiger partial charge in [0.25, 0.3) is 0 Å². The second kappa shape index (κ2) is 55.9. The molecule has 1 aliphatic rings. The number of carboxylic acid groups (broad SMARTS) is 2. The summed E-state index contributed by atoms with van der Waals surface area (Å²) in [6, 6.07) is -20.3. The average molecular weight is 1770 g/mol. The summed E-state index contributed by atoms with van der Waals surface area (Å²) in [5.41, 5.74) is 45.5. The van der Waals surface area contributed by atoms with Crippen LogP contribution in [-0.4, -0.2) is 272 Å². The Morgan fingerprint density at radius 1 is 0.472 bits per heavy atom. The Morgan fingerprint density at radius 2 is 0.888 bits per heavy atom. The summed E-state index contributed by atoms with van der Waals surface area (Å²) < 4.78 is 0. The van der Waals surface area contributed by atoms with E-state index < -0.39 is 235 Å². The van der Waals surface area contributed by atoms with Crippen LogP contribution in [0.2, 0.25) is 0 Å². The summed E-state index contributed by atoms with van der Waals surface area (Å²) in [6.07, 6.45) is -0.700. The number of hydrogen-bond acceptors (Lipinski definition) is 23. The van der Waals surface area contributed by atoms with Gasteiger partial charge in [-0.1, -0.05) is 82.1 Å². The molecule has 0 unspecified atom stereocenters. The predicted molar refractivity (Wildman–Crippen MR) is 458 cm³/mol. The Kier molecular flexibility index (Phi) is 48.8. The third kappa shape index (κ3) is 41.3. The Bertz CT molecular complexity index is 3850. The van der Waals surface area contributed by atoms with Gasteiger partial charge in [0, 0.05) is 57.3 Å². The van der Waals surface area contributed by atoms with Gasteiger partial charge in [-0.3, -0.25) is 91.7 Å². The summed E-state index contributed by atoms with van der Waals surface area (Å²) in [7, 11) is 0. The third-order valence-electron chi connectivity index (χ3n) is 20.3. The average Bonchev–Trinajstić information content (AvgIpc) is 1.70. The number of guanidine groups is 3. The zero-order valence-corrected chi connectivity index (χ0v) is 73.6. The first kappa shape index (κ1) is 109. The van der Waals surface area contributed by atoms with Gasteiger partial charge in [-0.25, -0.2) is 9.78 Å². The first-order valence-corrected chi connectivity index (χ1v) is 42.1. The van der Waals surface area contributed by atoms with Crippen LogP contribution >= 0.6 is 0 Å². The molecule has 47 heteroatoms. The summed E-state index contributed by atoms with van der Waals surface area (Å²) in [5, 5.41) is 63.5. The third-order valence-corrected chi connectivity index (χ3v) is 20.3. The van der Waals surface area contributed by atoms with Gasteiger partial charge < -0.3 is 140 Å². The lowest BCUT2D eigenvalue weighted by Gasteiger charge is -2.33. The highest BCUT2D eigenvalue weighted by Gasteiger charge is 2.44. The number of aliphatic hydroxyl groups is 1. The molecule has 2 rings (SSSR count). The lowest BCUT2D eigenvalue weighted by Crippen LogP contribution is -2.62. The molecular formula is C78H137N27O20. The van der Waals surface area contributed by atoms with E-state index in [9.17, 15) is 96.8 Å². The minimum absolute atomic E-state index is 0.00495. The topological polar surface area (TPSA) is 784 Å². The smallest absolute Gasteiger partial charge is 0.326 e. The van der Waals surface area contributed by atoms with E-state index in [1.807, 2.05) is 13.8 Å². The van der Waals surface area contributed by atoms with Gasteiger partial charge in [0.15, 0.2) is 17.9 Å². The number of aromatic amines is 1. The molecule has 15 amide bonds. The van der Waals surface area contributed by atoms with E-state index in [1.165, 1.54) is 31.3 Å². The molecule has 33 N–H and O–H groups in total. The van der Waals surface area contributed by atoms with Crippen LogP contribution in [0.4, 0.5) is 0 Å². The lowest BCUT2D eigenvalue weighted by atomic mass is 9.96. The molecule has 1 aromatic heterocycles. The molecule has 2 heterocycles. The first-order valence-electron chi connectivity index (χ1n) is 42.1. The van der Waals surface area contributed by atoms with Crippen LogP contribution < -0.4 is 115 Å². The van der Waals surface area contributed by atoms with E-state index in [2.05, 4.69) is 94.1 Å². The van der Waals surface area contributed by atoms with Crippen molar-refractivity contribution in [3.63, 3.8) is 0 Å². The number of aliphatic carboxylic acids is 2. The van der Waals surface area contributed by atoms with Crippen molar-refractivity contribution < 1.29 is 96.8 Å². The molecular weight excluding hydrogens is 1640 g/mol. The zero-order valence-electron chi connectivity index (χ0n) is 73.6. The maximum atomic E-state index is 14.8. The van der Waals surface area contributed by atoms with Crippen LogP contribution in [-0.2, 0) is 87.9 Å². The second-order valence-corrected chi connectivity index (χ2v) is 32.6. The molecule has 0 aliphatic carbocycles. The number of aliphatic hydroxyl groups excluding tert-OH is 1. The molecule has 1 aliphatic heterocycles. The van der Waals surface area contributed by atoms with Crippen molar-refractivity contribution in [3.8, 4) is 0 Å². The molecule has 1 aromatic rings. The Labute approximate surface area is 727 Å². The number of likely N-dealkylation sites (tertiary alicyclic amines) is 1. The first-order chi connectivity index (χ1) is 58.6. The predicted octanol–water partition coefficient (Wildman–Crippen LogP) is -6.79. The number of hydrogen-bond donors (Lipinski definition) is 25. The molecule has 0 spiro atoms. The van der Waals surface area contributed by atoms with Crippen LogP contribution in [0, 0.1) is 29.6 Å². The summed E-state index contributed by atoms with van der Waals surface area (Å²) in [4.78, 5) is 255. The fourth-order valence-corrected chi connectivity index (χ4v) is 13.1. The number of nitrogens with two attached hydrogens (primary N) is 8. The van der Waals surface area contributed by atoms with Gasteiger partial charge >= 0.3 is 11.9 Å². The molecule has 704 valence electrons. The number of imidazole rings is 1. The minimum atomic E-state index is -1.81. The van der Waals surface area contributed by atoms with Crippen LogP contribution in [0.3, 0.4) is 0 Å². The van der Waals surface area contributed by atoms with Crippen molar-refractivity contribution in [1.82, 2.24) is 84.0 Å². The molecule has 0 aromatic carbocycles. The number of H-pyrrole nitrogens is 1. The molecule has 1 fully saturated rings. The number of nitrogens with one attached hydrogen (secondary N) is 14. The summed E-state index contributed by atoms with van der Waals surface area (Å²) in [6.45, 7) is 18.6. The van der Waals surface area contributed by atoms with Crippen LogP contribution in [0.1, 0.15) is 198 Å². The number of primary amides is 1. The number of carbonyl (C=O) groups is 17. The van der Waals surface area contributed by atoms with Crippen molar-refractivity contribution in [3.05, 3.63) is 18.2 Å². The maximum Gasteiger partial charge on any atom is 0.326 e. The molecule has 1 saturated heterocycles. The molecule has 47 nitrogen and oxygen atoms in total. The van der Waals surface area contributed by atoms with E-state index >= 15 is 0 Å². The van der Waals surface area contributed by atoms with E-state index in [0.29, 0.717) is 25.0 Å². The van der Waals surface area contributed by atoms with Crippen molar-refractivity contribution in [2.24, 2.45) is 90.4 Å². The minimum Gasteiger partial charge on any atom is -0.481 e. The van der Waals surface area contributed by atoms with Crippen LogP contribution in [0.5, 0.6) is 0 Å². The highest BCUT2D eigenvalue weighted by molar-refractivity contribution is 6.01. The maximum absolute atomic E-state index is 14.8. The van der Waals surface area contributed by atoms with Gasteiger partial charge in [0.05, 0.1) is 25.0 Å². The lowest BCUT2D eigenvalue weighted by molar-refractivity contribution is -0.144. The van der Waals surface area contributed by atoms with Crippen LogP contribution in [0.15, 0.2) is 27.5 Å². The number of nitrogens with zero attached hydrogens (tertiary/aromatic N) is 5. The van der Waals surface area contributed by atoms with Gasteiger partial charge in [-0.2, -0.15) is 0 Å². The number of amides is 15. The van der Waals surface area contributed by atoms with Crippen molar-refractivity contribution in [2.45, 2.75) is 289 Å². The molecule has 0 radical (unpaired) electrons. The highest BCUT2D eigenvalue weighted by atomic mass is 16.4. The van der Waals surface area contributed by atoms with E-state index in [-0.39, 0.29) is 132 Å². The monoisotopic (exact) mass is 1770 g/mol. The van der Waals surface area contributed by atoms with E-state index in [1.54, 1.807) is 55.4 Å². The Balaban J connectivity index is 2.52. The fraction of sp³-hybridized carbons (Fsp3) is 0.705. The van der Waals surface area contributed by atoms with Crippen LogP contribution in [0.25, 0.3) is 0 Å². The SMILES string of the molecule is CC[C@H](C)[C@H](NC(=O)[C@H](CCCN=C(N)N)NC(=O)[C@@H](NC(=O)[C@@H]1CCCN1C(=O)[C@@H](NC(=O)[C@H](Cc1cnc[nH]1)NC(=O)[C@@H](N)CC(C)C)[C@@H](C)CC)[C@@H](C)O)C(=O)N[C@@H](CCCN=C(N)N)C(=O)N[C@@H](CCC(N)=O)C(=O)NCC(=O)N[C@@H](CC(C)C)C(=O)N[C@@H](CCC(=O)O)C(=O)N[C@@H](CCCN=C(N)N)C(=O)N[C@@H](C)C(=O)N[C@@H](CC(C)C)C(=O)O. The number of aliphatic imine (C=N–C) groups is 3. The quantitative estimate of drug-likeness (QED) is 0.0164. The normalized spacial score (nSPS) is 16.3. The van der Waals surface area contributed by atoms with E-state index in [4.69, 9.17) is 45.9 Å². The van der Waals surface area contributed by atoms with Crippen molar-refractivity contribution in [2.75, 3.05) is 32.7 Å². The molecule has 0 bridgehead atoms. The number of aromatic nitrogens is 2. The van der Waals surface area contributed by atoms with Crippen molar-refractivity contribution >= 4 is 118 Å². The second-order valence-electron chi connectivity index (χ2n) is 32.6. The summed E-state index contributed by atoms with van der Waals surface area (Å²) in [5.74, 6) is -19.5. The van der Waals surface area contributed by atoms with Gasteiger partial charge in [0.1, 0.15) is 78.5 Å². The molecule has 17 atom stereocenters. The number of carboxylic acids is 2. The van der Waals surface area contributed by atoms with Gasteiger partial charge in [-0.15, -0.1) is 0 Å². The highest BCUT2D eigenvalue weighted by Crippen LogP contribution is 2.23. The van der Waals surface area contributed by atoms with E-state index in [0.717, 1.165) is 0 Å². The summed E-state index contributed by atoms with van der Waals surface area (Å²) >= 11 is 0. The van der Waals surface area contributed by atoms with Gasteiger partial charge in [0.2, 0.25) is 88.6 Å². The Morgan fingerprint density at radius 3 is 1.34 bits per heavy atom. The van der Waals surface area contributed by atoms with Crippen molar-refractivity contribution in [1.29, 1.82) is 0 Å². The fourth-order valence-electron chi connectivity index (χ4n) is 13.1. The standard InChI is InChI=1S/C78H137N27O20/c1-13-41(9)59(102-68(117)49(21-17-29-90-78(85)86)99-73(122)61(44(12)106)104-71(120)55-22-18-30-105(55)74(123)60(42(10)14-2)103-70(119)53(34-45-35-87-37-92-45)100-63(112)46(79)31-38(3)4)72(121)98-48(20-16-28-89-77(83)84)66(115)96-50(23-25-56(80)107)64(113)91-36-57(108)94-52(32-39(5)6)69(118)97-51(24-26-58(109)110)67(116)95-47(19-15-27-88-76(81)82)65(114)93-43(11)62(111)101-54(75(124)125)33-40(7)8/h35,37-44,46-55,59-61,106H,13-34,36,79H2,1-12H3,(H2,80,107)(H,87,92)(H,91,113)(H,93,114)(H,94,108)(H,95,116)(H,96,115)(H,97,118)(H,98,121)(H,99,122)(H,100,112)(H,101,111)(H,102,117)(H,103,119)(H,104,120)(H,109,110)(H,124,125)(H4,81,82,88)(H4,83,84,89)(H4,85,86,90)/t41-,42-,43-,44+,46-,47-,48-,49-,50-,51-,52-,53-,54-,55-,59-,60-,61-/m0/s1. The number of rotatable bonds is 59. The Hall–Kier alpha value is -12.1. The largest absolute Gasteiger partial charge is 0.481 e. The number of carbonyl (C=O) groups excluding carboxylic acids is 15. The van der Waals surface area contributed by atoms with Gasteiger partial charge in [-0.05, 0) is 127 Å². The molecule has 125 heavy (non-hydrogen) atoms. The molecule has 0 saturated carbocycles. The zero-order chi connectivity index (χ0) is 94.7.